The highest BCUT2D eigenvalue weighted by molar-refractivity contribution is 5.71. The van der Waals surface area contributed by atoms with Gasteiger partial charge in [0, 0.05) is 5.54 Å². The van der Waals surface area contributed by atoms with Crippen LogP contribution < -0.4 is 5.32 Å². The molecule has 0 radical (unpaired) electrons. The van der Waals surface area contributed by atoms with Crippen molar-refractivity contribution in [3.8, 4) is 0 Å². The van der Waals surface area contributed by atoms with Crippen LogP contribution in [0.1, 0.15) is 39.0 Å². The van der Waals surface area contributed by atoms with Gasteiger partial charge in [-0.15, -0.1) is 0 Å². The van der Waals surface area contributed by atoms with Crippen LogP contribution in [0.2, 0.25) is 0 Å². The van der Waals surface area contributed by atoms with E-state index < -0.39 is 0 Å². The quantitative estimate of drug-likeness (QED) is 0.674. The Labute approximate surface area is 79.8 Å². The largest absolute Gasteiger partial charge is 0.466 e. The molecular formula is C10H19NO2. The average molecular weight is 185 g/mol. The van der Waals surface area contributed by atoms with E-state index in [-0.39, 0.29) is 11.5 Å². The summed E-state index contributed by atoms with van der Waals surface area (Å²) < 4.78 is 4.95. The van der Waals surface area contributed by atoms with Gasteiger partial charge in [0.15, 0.2) is 0 Å². The predicted octanol–water partition coefficient (Wildman–Crippen LogP) is 1.47. The summed E-state index contributed by atoms with van der Waals surface area (Å²) >= 11 is 0. The molecule has 1 saturated carbocycles. The Hall–Kier alpha value is -0.570. The van der Waals surface area contributed by atoms with Crippen LogP contribution in [0, 0.1) is 0 Å². The fourth-order valence-electron chi connectivity index (χ4n) is 2.06. The summed E-state index contributed by atoms with van der Waals surface area (Å²) in [5.41, 5.74) is 0.0340. The van der Waals surface area contributed by atoms with Crippen LogP contribution >= 0.6 is 0 Å². The van der Waals surface area contributed by atoms with E-state index in [9.17, 15) is 4.79 Å². The maximum atomic E-state index is 11.3. The first-order chi connectivity index (χ1) is 6.22. The lowest BCUT2D eigenvalue weighted by molar-refractivity contribution is -0.144. The van der Waals surface area contributed by atoms with Crippen molar-refractivity contribution in [3.63, 3.8) is 0 Å². The Kier molecular flexibility index (Phi) is 3.72. The first-order valence-electron chi connectivity index (χ1n) is 5.07. The van der Waals surface area contributed by atoms with Crippen LogP contribution in [-0.4, -0.2) is 25.2 Å². The third-order valence-electron chi connectivity index (χ3n) is 2.88. The van der Waals surface area contributed by atoms with Crippen LogP contribution in [0.15, 0.2) is 0 Å². The van der Waals surface area contributed by atoms with Crippen molar-refractivity contribution < 1.29 is 9.53 Å². The normalized spacial score (nSPS) is 20.2. The minimum atomic E-state index is -0.0706. The second-order valence-corrected chi connectivity index (χ2v) is 3.72. The van der Waals surface area contributed by atoms with Crippen molar-refractivity contribution in [3.05, 3.63) is 0 Å². The summed E-state index contributed by atoms with van der Waals surface area (Å²) in [7, 11) is 1.94. The number of carbonyl (C=O) groups excluding carboxylic acids is 1. The summed E-state index contributed by atoms with van der Waals surface area (Å²) in [5.74, 6) is -0.0706. The molecular weight excluding hydrogens is 166 g/mol. The van der Waals surface area contributed by atoms with E-state index >= 15 is 0 Å². The Morgan fingerprint density at radius 1 is 1.46 bits per heavy atom. The van der Waals surface area contributed by atoms with Crippen molar-refractivity contribution in [2.75, 3.05) is 13.7 Å². The molecule has 0 aromatic heterocycles. The van der Waals surface area contributed by atoms with E-state index in [0.717, 1.165) is 12.8 Å². The first-order valence-corrected chi connectivity index (χ1v) is 5.07. The third kappa shape index (κ3) is 2.69. The molecule has 76 valence electrons. The van der Waals surface area contributed by atoms with Gasteiger partial charge in [0.2, 0.25) is 0 Å². The predicted molar refractivity (Wildman–Crippen MR) is 51.5 cm³/mol. The molecule has 0 bridgehead atoms. The molecule has 1 fully saturated rings. The van der Waals surface area contributed by atoms with Gasteiger partial charge >= 0.3 is 5.97 Å². The van der Waals surface area contributed by atoms with Gasteiger partial charge < -0.3 is 10.1 Å². The fraction of sp³-hybridized carbons (Fsp3) is 0.900. The van der Waals surface area contributed by atoms with Gasteiger partial charge in [-0.05, 0) is 26.8 Å². The molecule has 0 heterocycles. The first kappa shape index (κ1) is 10.5. The lowest BCUT2D eigenvalue weighted by Gasteiger charge is -2.27. The molecule has 13 heavy (non-hydrogen) atoms. The van der Waals surface area contributed by atoms with Gasteiger partial charge in [-0.3, -0.25) is 4.79 Å². The Balaban J connectivity index is 2.43. The van der Waals surface area contributed by atoms with Gasteiger partial charge in [0.25, 0.3) is 0 Å². The second kappa shape index (κ2) is 4.61. The molecule has 0 saturated heterocycles. The van der Waals surface area contributed by atoms with E-state index in [4.69, 9.17) is 4.74 Å². The van der Waals surface area contributed by atoms with Crippen molar-refractivity contribution in [1.29, 1.82) is 0 Å². The molecule has 0 spiro atoms. The standard InChI is InChI=1S/C10H19NO2/c1-3-13-9(12)8-10(11-2)6-4-5-7-10/h11H,3-8H2,1-2H3. The van der Waals surface area contributed by atoms with Crippen LogP contribution in [0.25, 0.3) is 0 Å². The zero-order valence-corrected chi connectivity index (χ0v) is 8.56. The maximum Gasteiger partial charge on any atom is 0.307 e. The summed E-state index contributed by atoms with van der Waals surface area (Å²) in [6.45, 7) is 2.33. The molecule has 0 unspecified atom stereocenters. The van der Waals surface area contributed by atoms with E-state index in [0.29, 0.717) is 13.0 Å². The maximum absolute atomic E-state index is 11.3. The number of nitrogens with one attached hydrogen (secondary N) is 1. The van der Waals surface area contributed by atoms with E-state index in [1.54, 1.807) is 0 Å². The molecule has 0 amide bonds. The molecule has 1 rings (SSSR count). The Morgan fingerprint density at radius 3 is 2.54 bits per heavy atom. The SMILES string of the molecule is CCOC(=O)CC1(NC)CCCC1. The van der Waals surface area contributed by atoms with Crippen LogP contribution in [-0.2, 0) is 9.53 Å². The Bertz CT molecular complexity index is 174. The number of hydrogen-bond donors (Lipinski definition) is 1. The van der Waals surface area contributed by atoms with Crippen molar-refractivity contribution >= 4 is 5.97 Å². The van der Waals surface area contributed by atoms with Crippen molar-refractivity contribution in [1.82, 2.24) is 5.32 Å². The van der Waals surface area contributed by atoms with Gasteiger partial charge in [-0.25, -0.2) is 0 Å². The van der Waals surface area contributed by atoms with E-state index in [2.05, 4.69) is 5.32 Å². The fourth-order valence-corrected chi connectivity index (χ4v) is 2.06. The number of esters is 1. The molecule has 3 nitrogen and oxygen atoms in total. The summed E-state index contributed by atoms with van der Waals surface area (Å²) in [6, 6.07) is 0. The molecule has 0 aromatic carbocycles. The van der Waals surface area contributed by atoms with Crippen molar-refractivity contribution in [2.24, 2.45) is 0 Å². The number of rotatable bonds is 4. The number of ether oxygens (including phenoxy) is 1. The zero-order chi connectivity index (χ0) is 9.73. The lowest BCUT2D eigenvalue weighted by atomic mass is 9.94. The minimum absolute atomic E-state index is 0.0340. The zero-order valence-electron chi connectivity index (χ0n) is 8.56. The van der Waals surface area contributed by atoms with Gasteiger partial charge in [0.05, 0.1) is 13.0 Å². The summed E-state index contributed by atoms with van der Waals surface area (Å²) in [6.07, 6.45) is 5.17. The average Bonchev–Trinajstić information content (AvgIpc) is 2.54. The van der Waals surface area contributed by atoms with Crippen LogP contribution in [0.4, 0.5) is 0 Å². The minimum Gasteiger partial charge on any atom is -0.466 e. The Morgan fingerprint density at radius 2 is 2.08 bits per heavy atom. The molecule has 1 aliphatic carbocycles. The molecule has 0 aliphatic heterocycles. The van der Waals surface area contributed by atoms with Crippen molar-refractivity contribution in [2.45, 2.75) is 44.6 Å². The van der Waals surface area contributed by atoms with Crippen LogP contribution in [0.5, 0.6) is 0 Å². The highest BCUT2D eigenvalue weighted by Crippen LogP contribution is 2.32. The van der Waals surface area contributed by atoms with E-state index in [1.807, 2.05) is 14.0 Å². The molecule has 3 heteroatoms. The highest BCUT2D eigenvalue weighted by Gasteiger charge is 2.34. The van der Waals surface area contributed by atoms with Gasteiger partial charge in [0.1, 0.15) is 0 Å². The molecule has 0 aromatic rings. The van der Waals surface area contributed by atoms with Gasteiger partial charge in [-0.2, -0.15) is 0 Å². The third-order valence-corrected chi connectivity index (χ3v) is 2.88. The summed E-state index contributed by atoms with van der Waals surface area (Å²) in [5, 5.41) is 3.27. The number of carbonyl (C=O) groups is 1. The smallest absolute Gasteiger partial charge is 0.307 e. The molecule has 1 aliphatic rings. The summed E-state index contributed by atoms with van der Waals surface area (Å²) in [4.78, 5) is 11.3. The van der Waals surface area contributed by atoms with Gasteiger partial charge in [-0.1, -0.05) is 12.8 Å². The molecule has 1 N–H and O–H groups in total. The van der Waals surface area contributed by atoms with Crippen LogP contribution in [0.3, 0.4) is 0 Å². The monoisotopic (exact) mass is 185 g/mol. The second-order valence-electron chi connectivity index (χ2n) is 3.72. The number of hydrogen-bond acceptors (Lipinski definition) is 3. The topological polar surface area (TPSA) is 38.3 Å². The van der Waals surface area contributed by atoms with E-state index in [1.165, 1.54) is 12.8 Å². The molecule has 0 atom stereocenters. The highest BCUT2D eigenvalue weighted by atomic mass is 16.5. The lowest BCUT2D eigenvalue weighted by Crippen LogP contribution is -2.42.